The van der Waals surface area contributed by atoms with Crippen molar-refractivity contribution >= 4 is 17.4 Å². The van der Waals surface area contributed by atoms with Crippen LogP contribution in [-0.2, 0) is 0 Å². The average Bonchev–Trinajstić information content (AvgIpc) is 2.31. The molecule has 3 heteroatoms. The van der Waals surface area contributed by atoms with Crippen molar-refractivity contribution < 1.29 is 5.11 Å². The Bertz CT molecular complexity index is 401. The maximum absolute atomic E-state index is 9.81. The number of thioether (sulfide) groups is 1. The molecule has 1 heterocycles. The fourth-order valence-corrected chi connectivity index (χ4v) is 4.12. The molecule has 0 bridgehead atoms. The van der Waals surface area contributed by atoms with Crippen molar-refractivity contribution in [3.63, 3.8) is 0 Å². The highest BCUT2D eigenvalue weighted by Gasteiger charge is 2.40. The first-order valence-corrected chi connectivity index (χ1v) is 7.64. The molecular weight excluding hydrogens is 242 g/mol. The smallest absolute Gasteiger partial charge is 0.0699 e. The van der Waals surface area contributed by atoms with Gasteiger partial charge < -0.3 is 10.4 Å². The molecule has 18 heavy (non-hydrogen) atoms. The standard InChI is InChI=1S/C15H23NOS/c1-12-4-6-13(7-5-12)16-15(9-17)8-14(2,3)10-18-11-15/h4-7,16-17H,8-11H2,1-3H3. The SMILES string of the molecule is Cc1ccc(NC2(CO)CSCC(C)(C)C2)cc1. The molecule has 1 fully saturated rings. The van der Waals surface area contributed by atoms with Crippen LogP contribution in [0, 0.1) is 12.3 Å². The molecule has 2 nitrogen and oxygen atoms in total. The van der Waals surface area contributed by atoms with Crippen LogP contribution in [0.1, 0.15) is 25.8 Å². The number of aliphatic hydroxyl groups is 1. The minimum Gasteiger partial charge on any atom is -0.394 e. The lowest BCUT2D eigenvalue weighted by Gasteiger charge is -2.44. The zero-order valence-corrected chi connectivity index (χ0v) is 12.3. The molecule has 2 N–H and O–H groups in total. The van der Waals surface area contributed by atoms with E-state index in [1.165, 1.54) is 11.3 Å². The molecule has 0 radical (unpaired) electrons. The number of benzene rings is 1. The highest BCUT2D eigenvalue weighted by atomic mass is 32.2. The summed E-state index contributed by atoms with van der Waals surface area (Å²) in [6.07, 6.45) is 1.01. The Labute approximate surface area is 114 Å². The Hall–Kier alpha value is -0.670. The van der Waals surface area contributed by atoms with Gasteiger partial charge in [0.15, 0.2) is 0 Å². The van der Waals surface area contributed by atoms with Crippen molar-refractivity contribution in [2.75, 3.05) is 23.4 Å². The van der Waals surface area contributed by atoms with Crippen molar-refractivity contribution in [3.8, 4) is 0 Å². The van der Waals surface area contributed by atoms with Crippen molar-refractivity contribution in [3.05, 3.63) is 29.8 Å². The van der Waals surface area contributed by atoms with Gasteiger partial charge in [-0.3, -0.25) is 0 Å². The van der Waals surface area contributed by atoms with Gasteiger partial charge in [0.1, 0.15) is 0 Å². The Balaban J connectivity index is 2.15. The van der Waals surface area contributed by atoms with Crippen LogP contribution in [0.5, 0.6) is 0 Å². The Morgan fingerprint density at radius 1 is 1.22 bits per heavy atom. The summed E-state index contributed by atoms with van der Waals surface area (Å²) in [4.78, 5) is 0. The fourth-order valence-electron chi connectivity index (χ4n) is 2.71. The Morgan fingerprint density at radius 2 is 1.89 bits per heavy atom. The number of anilines is 1. The predicted octanol–water partition coefficient (Wildman–Crippen LogP) is 3.30. The van der Waals surface area contributed by atoms with E-state index in [1.54, 1.807) is 0 Å². The van der Waals surface area contributed by atoms with Crippen molar-refractivity contribution in [2.24, 2.45) is 5.41 Å². The van der Waals surface area contributed by atoms with Gasteiger partial charge in [0.2, 0.25) is 0 Å². The van der Waals surface area contributed by atoms with E-state index >= 15 is 0 Å². The second-order valence-corrected chi connectivity index (χ2v) is 7.25. The largest absolute Gasteiger partial charge is 0.394 e. The molecule has 0 aliphatic carbocycles. The van der Waals surface area contributed by atoms with E-state index < -0.39 is 0 Å². The van der Waals surface area contributed by atoms with Crippen molar-refractivity contribution in [1.29, 1.82) is 0 Å². The monoisotopic (exact) mass is 265 g/mol. The van der Waals surface area contributed by atoms with Crippen LogP contribution in [0.3, 0.4) is 0 Å². The van der Waals surface area contributed by atoms with E-state index in [-0.39, 0.29) is 17.6 Å². The second kappa shape index (κ2) is 5.14. The molecule has 0 saturated carbocycles. The molecule has 1 unspecified atom stereocenters. The molecule has 0 aromatic heterocycles. The molecule has 1 aliphatic heterocycles. The first-order chi connectivity index (χ1) is 8.45. The fraction of sp³-hybridized carbons (Fsp3) is 0.600. The zero-order chi connectivity index (χ0) is 13.2. The molecule has 1 saturated heterocycles. The molecule has 0 amide bonds. The highest BCUT2D eigenvalue weighted by molar-refractivity contribution is 7.99. The van der Waals surface area contributed by atoms with Gasteiger partial charge in [0.05, 0.1) is 12.1 Å². The number of aliphatic hydroxyl groups excluding tert-OH is 1. The van der Waals surface area contributed by atoms with Gasteiger partial charge >= 0.3 is 0 Å². The van der Waals surface area contributed by atoms with Gasteiger partial charge in [0.25, 0.3) is 0 Å². The van der Waals surface area contributed by atoms with Crippen LogP contribution >= 0.6 is 11.8 Å². The third kappa shape index (κ3) is 3.21. The quantitative estimate of drug-likeness (QED) is 0.879. The average molecular weight is 265 g/mol. The normalized spacial score (nSPS) is 26.9. The summed E-state index contributed by atoms with van der Waals surface area (Å²) >= 11 is 1.93. The van der Waals surface area contributed by atoms with Crippen LogP contribution in [0.25, 0.3) is 0 Å². The van der Waals surface area contributed by atoms with E-state index in [1.807, 2.05) is 11.8 Å². The lowest BCUT2D eigenvalue weighted by Crippen LogP contribution is -2.51. The topological polar surface area (TPSA) is 32.3 Å². The van der Waals surface area contributed by atoms with Gasteiger partial charge in [-0.25, -0.2) is 0 Å². The molecule has 2 rings (SSSR count). The first kappa shape index (κ1) is 13.8. The third-order valence-corrected chi connectivity index (χ3v) is 5.19. The first-order valence-electron chi connectivity index (χ1n) is 6.48. The van der Waals surface area contributed by atoms with Crippen molar-refractivity contribution in [2.45, 2.75) is 32.7 Å². The summed E-state index contributed by atoms with van der Waals surface area (Å²) in [7, 11) is 0. The van der Waals surface area contributed by atoms with Crippen LogP contribution in [0.15, 0.2) is 24.3 Å². The lowest BCUT2D eigenvalue weighted by molar-refractivity contribution is 0.174. The lowest BCUT2D eigenvalue weighted by atomic mass is 9.80. The molecule has 1 aromatic rings. The number of nitrogens with one attached hydrogen (secondary N) is 1. The van der Waals surface area contributed by atoms with Crippen LogP contribution < -0.4 is 5.32 Å². The summed E-state index contributed by atoms with van der Waals surface area (Å²) in [5.41, 5.74) is 2.47. The summed E-state index contributed by atoms with van der Waals surface area (Å²) in [6, 6.07) is 8.40. The second-order valence-electron chi connectivity index (χ2n) is 6.26. The number of hydrogen-bond donors (Lipinski definition) is 2. The van der Waals surface area contributed by atoms with Crippen LogP contribution in [-0.4, -0.2) is 28.8 Å². The van der Waals surface area contributed by atoms with E-state index in [0.717, 1.165) is 17.9 Å². The highest BCUT2D eigenvalue weighted by Crippen LogP contribution is 2.40. The molecule has 0 spiro atoms. The maximum Gasteiger partial charge on any atom is 0.0699 e. The summed E-state index contributed by atoms with van der Waals surface area (Å²) in [5.74, 6) is 2.14. The van der Waals surface area contributed by atoms with Crippen LogP contribution in [0.2, 0.25) is 0 Å². The number of rotatable bonds is 3. The van der Waals surface area contributed by atoms with E-state index in [9.17, 15) is 5.11 Å². The summed E-state index contributed by atoms with van der Waals surface area (Å²) in [6.45, 7) is 6.84. The Morgan fingerprint density at radius 3 is 2.44 bits per heavy atom. The van der Waals surface area contributed by atoms with E-state index in [4.69, 9.17) is 0 Å². The molecular formula is C15H23NOS. The molecule has 1 atom stereocenters. The van der Waals surface area contributed by atoms with Gasteiger partial charge in [-0.15, -0.1) is 0 Å². The summed E-state index contributed by atoms with van der Waals surface area (Å²) < 4.78 is 0. The molecule has 100 valence electrons. The van der Waals surface area contributed by atoms with Crippen molar-refractivity contribution in [1.82, 2.24) is 0 Å². The maximum atomic E-state index is 9.81. The van der Waals surface area contributed by atoms with Gasteiger partial charge in [-0.2, -0.15) is 11.8 Å². The number of aryl methyl sites for hydroxylation is 1. The van der Waals surface area contributed by atoms with Crippen LogP contribution in [0.4, 0.5) is 5.69 Å². The minimum absolute atomic E-state index is 0.179. The Kier molecular flexibility index (Phi) is 3.93. The summed E-state index contributed by atoms with van der Waals surface area (Å²) in [5, 5.41) is 13.4. The minimum atomic E-state index is -0.179. The number of hydrogen-bond acceptors (Lipinski definition) is 3. The van der Waals surface area contributed by atoms with E-state index in [2.05, 4.69) is 50.4 Å². The van der Waals surface area contributed by atoms with E-state index in [0.29, 0.717) is 0 Å². The molecule has 1 aliphatic rings. The predicted molar refractivity (Wildman–Crippen MR) is 80.3 cm³/mol. The van der Waals surface area contributed by atoms with Gasteiger partial charge in [-0.05, 0) is 36.6 Å². The zero-order valence-electron chi connectivity index (χ0n) is 11.5. The third-order valence-electron chi connectivity index (χ3n) is 3.45. The van der Waals surface area contributed by atoms with Gasteiger partial charge in [0, 0.05) is 11.4 Å². The van der Waals surface area contributed by atoms with Gasteiger partial charge in [-0.1, -0.05) is 31.5 Å². The molecule has 1 aromatic carbocycles.